The first-order chi connectivity index (χ1) is 4.61. The number of nitrogens with zero attached hydrogens (tertiary/aromatic N) is 2. The Balaban J connectivity index is 3.31. The highest BCUT2D eigenvalue weighted by molar-refractivity contribution is 5.44. The molecule has 0 saturated carbocycles. The van der Waals surface area contributed by atoms with Crippen LogP contribution < -0.4 is 11.5 Å². The van der Waals surface area contributed by atoms with Crippen molar-refractivity contribution in [3.63, 3.8) is 0 Å². The van der Waals surface area contributed by atoms with Crippen LogP contribution in [-0.4, -0.2) is 9.97 Å². The number of aryl methyl sites for hydroxylation is 1. The van der Waals surface area contributed by atoms with E-state index in [0.717, 1.165) is 11.3 Å². The van der Waals surface area contributed by atoms with E-state index >= 15 is 0 Å². The zero-order valence-electron chi connectivity index (χ0n) is 6.05. The summed E-state index contributed by atoms with van der Waals surface area (Å²) in [6.45, 7) is 3.72. The topological polar surface area (TPSA) is 77.8 Å². The molecule has 0 radical (unpaired) electrons. The first kappa shape index (κ1) is 6.80. The van der Waals surface area contributed by atoms with Gasteiger partial charge < -0.3 is 11.5 Å². The molecule has 4 heteroatoms. The van der Waals surface area contributed by atoms with E-state index in [2.05, 4.69) is 9.97 Å². The van der Waals surface area contributed by atoms with E-state index in [4.69, 9.17) is 11.5 Å². The Morgan fingerprint density at radius 3 is 2.20 bits per heavy atom. The minimum Gasteiger partial charge on any atom is -0.383 e. The maximum absolute atomic E-state index is 5.49. The molecule has 1 aromatic heterocycles. The number of nitrogens with two attached hydrogens (primary N) is 2. The minimum absolute atomic E-state index is 0.237. The predicted octanol–water partition coefficient (Wildman–Crippen LogP) is 0.258. The van der Waals surface area contributed by atoms with E-state index in [-0.39, 0.29) is 5.95 Å². The second kappa shape index (κ2) is 2.13. The Bertz CT molecular complexity index is 233. The van der Waals surface area contributed by atoms with Crippen LogP contribution in [0.2, 0.25) is 0 Å². The van der Waals surface area contributed by atoms with Crippen LogP contribution in [0, 0.1) is 13.8 Å². The smallest absolute Gasteiger partial charge is 0.222 e. The van der Waals surface area contributed by atoms with Crippen molar-refractivity contribution >= 4 is 11.8 Å². The maximum atomic E-state index is 5.49. The maximum Gasteiger partial charge on any atom is 0.222 e. The third kappa shape index (κ3) is 1.00. The number of aromatic nitrogens is 2. The molecular weight excluding hydrogens is 128 g/mol. The fourth-order valence-corrected chi connectivity index (χ4v) is 0.673. The Morgan fingerprint density at radius 2 is 1.70 bits per heavy atom. The van der Waals surface area contributed by atoms with Crippen molar-refractivity contribution in [2.45, 2.75) is 13.8 Å². The van der Waals surface area contributed by atoms with Crippen LogP contribution in [0.3, 0.4) is 0 Å². The molecular formula is C6H10N4. The third-order valence-corrected chi connectivity index (χ3v) is 1.44. The predicted molar refractivity (Wildman–Crippen MR) is 40.3 cm³/mol. The average molecular weight is 138 g/mol. The molecule has 1 rings (SSSR count). The van der Waals surface area contributed by atoms with Crippen molar-refractivity contribution in [3.8, 4) is 0 Å². The summed E-state index contributed by atoms with van der Waals surface area (Å²) >= 11 is 0. The van der Waals surface area contributed by atoms with Gasteiger partial charge in [0.2, 0.25) is 5.95 Å². The first-order valence-corrected chi connectivity index (χ1v) is 2.97. The molecule has 0 spiro atoms. The molecule has 0 aliphatic rings. The quantitative estimate of drug-likeness (QED) is 0.539. The second-order valence-electron chi connectivity index (χ2n) is 2.18. The largest absolute Gasteiger partial charge is 0.383 e. The number of hydrogen-bond acceptors (Lipinski definition) is 4. The van der Waals surface area contributed by atoms with Crippen LogP contribution >= 0.6 is 0 Å². The molecule has 0 saturated heterocycles. The molecule has 1 heterocycles. The lowest BCUT2D eigenvalue weighted by Crippen LogP contribution is -2.03. The van der Waals surface area contributed by atoms with Crippen molar-refractivity contribution < 1.29 is 0 Å². The fourth-order valence-electron chi connectivity index (χ4n) is 0.673. The standard InChI is InChI=1S/C6H10N4/c1-3-4(2)9-6(8)10-5(3)7/h1-2H3,(H4,7,8,9,10). The van der Waals surface area contributed by atoms with Gasteiger partial charge in [0, 0.05) is 11.3 Å². The molecule has 0 atom stereocenters. The zero-order valence-corrected chi connectivity index (χ0v) is 6.05. The van der Waals surface area contributed by atoms with Crippen molar-refractivity contribution in [3.05, 3.63) is 11.3 Å². The monoisotopic (exact) mass is 138 g/mol. The highest BCUT2D eigenvalue weighted by Gasteiger charge is 2.00. The van der Waals surface area contributed by atoms with E-state index in [9.17, 15) is 0 Å². The van der Waals surface area contributed by atoms with E-state index in [0.29, 0.717) is 5.82 Å². The first-order valence-electron chi connectivity index (χ1n) is 2.97. The Hall–Kier alpha value is -1.32. The van der Waals surface area contributed by atoms with E-state index in [1.54, 1.807) is 0 Å². The van der Waals surface area contributed by atoms with Gasteiger partial charge in [0.15, 0.2) is 0 Å². The van der Waals surface area contributed by atoms with Gasteiger partial charge >= 0.3 is 0 Å². The van der Waals surface area contributed by atoms with Crippen LogP contribution in [0.15, 0.2) is 0 Å². The summed E-state index contributed by atoms with van der Waals surface area (Å²) in [6, 6.07) is 0. The van der Waals surface area contributed by atoms with Gasteiger partial charge in [-0.2, -0.15) is 4.98 Å². The van der Waals surface area contributed by atoms with Gasteiger partial charge in [-0.1, -0.05) is 0 Å². The van der Waals surface area contributed by atoms with E-state index in [1.807, 2.05) is 13.8 Å². The van der Waals surface area contributed by atoms with Gasteiger partial charge in [-0.3, -0.25) is 0 Å². The van der Waals surface area contributed by atoms with Gasteiger partial charge in [0.05, 0.1) is 0 Å². The molecule has 1 aromatic rings. The fraction of sp³-hybridized carbons (Fsp3) is 0.333. The summed E-state index contributed by atoms with van der Waals surface area (Å²) < 4.78 is 0. The third-order valence-electron chi connectivity index (χ3n) is 1.44. The van der Waals surface area contributed by atoms with E-state index in [1.165, 1.54) is 0 Å². The number of nitrogen functional groups attached to an aromatic ring is 2. The summed E-state index contributed by atoms with van der Waals surface area (Å²) in [5.41, 5.74) is 12.6. The average Bonchev–Trinajstić information content (AvgIpc) is 1.82. The van der Waals surface area contributed by atoms with Gasteiger partial charge in [-0.05, 0) is 13.8 Å². The van der Waals surface area contributed by atoms with Gasteiger partial charge in [0.25, 0.3) is 0 Å². The Labute approximate surface area is 59.3 Å². The zero-order chi connectivity index (χ0) is 7.72. The summed E-state index contributed by atoms with van der Waals surface area (Å²) in [7, 11) is 0. The van der Waals surface area contributed by atoms with Crippen molar-refractivity contribution in [2.75, 3.05) is 11.5 Å². The summed E-state index contributed by atoms with van der Waals surface area (Å²) in [5.74, 6) is 0.700. The van der Waals surface area contributed by atoms with E-state index < -0.39 is 0 Å². The number of anilines is 2. The van der Waals surface area contributed by atoms with Crippen molar-refractivity contribution in [1.82, 2.24) is 9.97 Å². The van der Waals surface area contributed by atoms with Crippen molar-refractivity contribution in [1.29, 1.82) is 0 Å². The van der Waals surface area contributed by atoms with Crippen LogP contribution in [0.25, 0.3) is 0 Å². The normalized spacial score (nSPS) is 9.80. The molecule has 0 unspecified atom stereocenters. The lowest BCUT2D eigenvalue weighted by atomic mass is 10.2. The molecule has 10 heavy (non-hydrogen) atoms. The Kier molecular flexibility index (Phi) is 1.45. The van der Waals surface area contributed by atoms with Gasteiger partial charge in [-0.15, -0.1) is 0 Å². The van der Waals surface area contributed by atoms with Gasteiger partial charge in [-0.25, -0.2) is 4.98 Å². The number of rotatable bonds is 0. The highest BCUT2D eigenvalue weighted by Crippen LogP contribution is 2.10. The number of hydrogen-bond donors (Lipinski definition) is 2. The molecule has 4 nitrogen and oxygen atoms in total. The molecule has 54 valence electrons. The highest BCUT2D eigenvalue weighted by atomic mass is 15.0. The summed E-state index contributed by atoms with van der Waals surface area (Å²) in [5, 5.41) is 0. The minimum atomic E-state index is 0.237. The summed E-state index contributed by atoms with van der Waals surface area (Å²) in [4.78, 5) is 7.70. The van der Waals surface area contributed by atoms with Crippen LogP contribution in [0.5, 0.6) is 0 Å². The lowest BCUT2D eigenvalue weighted by Gasteiger charge is -2.01. The lowest BCUT2D eigenvalue weighted by molar-refractivity contribution is 1.09. The van der Waals surface area contributed by atoms with Crippen LogP contribution in [-0.2, 0) is 0 Å². The van der Waals surface area contributed by atoms with Crippen molar-refractivity contribution in [2.24, 2.45) is 0 Å². The molecule has 0 aliphatic carbocycles. The summed E-state index contributed by atoms with van der Waals surface area (Å²) in [6.07, 6.45) is 0. The van der Waals surface area contributed by atoms with Crippen LogP contribution in [0.4, 0.5) is 11.8 Å². The second-order valence-corrected chi connectivity index (χ2v) is 2.18. The molecule has 0 fully saturated rings. The molecule has 0 bridgehead atoms. The molecule has 4 N–H and O–H groups in total. The molecule has 0 aliphatic heterocycles. The van der Waals surface area contributed by atoms with Gasteiger partial charge in [0.1, 0.15) is 5.82 Å². The molecule has 0 amide bonds. The Morgan fingerprint density at radius 1 is 1.10 bits per heavy atom. The SMILES string of the molecule is Cc1nc(N)nc(N)c1C. The van der Waals surface area contributed by atoms with Crippen LogP contribution in [0.1, 0.15) is 11.3 Å². The molecule has 0 aromatic carbocycles.